The average Bonchev–Trinajstić information content (AvgIpc) is 3.23. The molecule has 9 heteroatoms. The van der Waals surface area contributed by atoms with Gasteiger partial charge in [0.05, 0.1) is 28.1 Å². The molecule has 0 radical (unpaired) electrons. The molecule has 2 heterocycles. The summed E-state index contributed by atoms with van der Waals surface area (Å²) in [5.74, 6) is -0.613. The van der Waals surface area contributed by atoms with Gasteiger partial charge in [0.25, 0.3) is 0 Å². The van der Waals surface area contributed by atoms with Crippen molar-refractivity contribution in [1.29, 1.82) is 0 Å². The van der Waals surface area contributed by atoms with Crippen molar-refractivity contribution in [2.45, 2.75) is 6.61 Å². The Bertz CT molecular complexity index is 978. The van der Waals surface area contributed by atoms with Crippen molar-refractivity contribution in [3.63, 3.8) is 0 Å². The van der Waals surface area contributed by atoms with Crippen molar-refractivity contribution in [2.24, 2.45) is 0 Å². The Labute approximate surface area is 153 Å². The van der Waals surface area contributed by atoms with Gasteiger partial charge in [0.1, 0.15) is 11.6 Å². The lowest BCUT2D eigenvalue weighted by molar-refractivity contribution is 0.0470. The van der Waals surface area contributed by atoms with Crippen molar-refractivity contribution in [2.75, 3.05) is 11.0 Å². The van der Waals surface area contributed by atoms with Gasteiger partial charge in [-0.15, -0.1) is 22.7 Å². The highest BCUT2D eigenvalue weighted by Crippen LogP contribution is 2.28. The minimum Gasteiger partial charge on any atom is -0.455 e. The molecule has 1 N–H and O–H groups in total. The van der Waals surface area contributed by atoms with Crippen LogP contribution in [-0.2, 0) is 21.4 Å². The number of carbonyl (C=O) groups is 1. The van der Waals surface area contributed by atoms with Crippen LogP contribution in [0.5, 0.6) is 0 Å². The molecule has 130 valence electrons. The fraction of sp³-hybridized carbons (Fsp3) is 0.125. The largest absolute Gasteiger partial charge is 0.455 e. The lowest BCUT2D eigenvalue weighted by Gasteiger charge is -2.09. The number of anilines is 1. The number of rotatable bonds is 6. The zero-order chi connectivity index (χ0) is 17.9. The van der Waals surface area contributed by atoms with Gasteiger partial charge in [0, 0.05) is 5.38 Å². The highest BCUT2D eigenvalue weighted by Gasteiger charge is 2.16. The number of benzene rings is 1. The SMILES string of the molecule is CS(=O)(=O)Nc1ccccc1C(=O)OCc1csc(-c2cccs2)n1. The summed E-state index contributed by atoms with van der Waals surface area (Å²) in [5.41, 5.74) is 0.990. The fourth-order valence-corrected chi connectivity index (χ4v) is 4.25. The summed E-state index contributed by atoms with van der Waals surface area (Å²) in [6, 6.07) is 10.2. The van der Waals surface area contributed by atoms with Crippen LogP contribution in [0, 0.1) is 0 Å². The minimum atomic E-state index is -3.49. The Morgan fingerprint density at radius 3 is 2.72 bits per heavy atom. The van der Waals surface area contributed by atoms with Crippen molar-refractivity contribution in [3.05, 3.63) is 58.4 Å². The van der Waals surface area contributed by atoms with Gasteiger partial charge in [0.2, 0.25) is 10.0 Å². The number of hydrogen-bond acceptors (Lipinski definition) is 7. The van der Waals surface area contributed by atoms with E-state index < -0.39 is 16.0 Å². The molecule has 0 aliphatic carbocycles. The molecule has 0 amide bonds. The van der Waals surface area contributed by atoms with E-state index in [9.17, 15) is 13.2 Å². The summed E-state index contributed by atoms with van der Waals surface area (Å²) >= 11 is 3.07. The summed E-state index contributed by atoms with van der Waals surface area (Å²) in [4.78, 5) is 17.8. The van der Waals surface area contributed by atoms with Gasteiger partial charge in [-0.2, -0.15) is 0 Å². The summed E-state index contributed by atoms with van der Waals surface area (Å²) in [6.45, 7) is 0.0217. The zero-order valence-electron chi connectivity index (χ0n) is 13.1. The number of aromatic nitrogens is 1. The Hall–Kier alpha value is -2.23. The summed E-state index contributed by atoms with van der Waals surface area (Å²) < 4.78 is 30.4. The molecular weight excluding hydrogens is 380 g/mol. The standard InChI is InChI=1S/C16H14N2O4S3/c1-25(20,21)18-13-6-3-2-5-12(13)16(19)22-9-11-10-24-15(17-11)14-7-4-8-23-14/h2-8,10,18H,9H2,1H3. The van der Waals surface area contributed by atoms with Gasteiger partial charge >= 0.3 is 5.97 Å². The number of thiophene rings is 1. The first-order valence-corrected chi connectivity index (χ1v) is 10.8. The second-order valence-corrected chi connectivity index (χ2v) is 8.67. The summed E-state index contributed by atoms with van der Waals surface area (Å²) in [5, 5.41) is 4.69. The predicted molar refractivity (Wildman–Crippen MR) is 99.5 cm³/mol. The Morgan fingerprint density at radius 1 is 1.20 bits per heavy atom. The van der Waals surface area contributed by atoms with Crippen LogP contribution in [0.3, 0.4) is 0 Å². The Balaban J connectivity index is 1.69. The molecule has 0 saturated heterocycles. The van der Waals surface area contributed by atoms with Crippen LogP contribution in [0.25, 0.3) is 9.88 Å². The number of sulfonamides is 1. The lowest BCUT2D eigenvalue weighted by Crippen LogP contribution is -2.14. The molecule has 0 spiro atoms. The first kappa shape index (κ1) is 17.6. The number of thiazole rings is 1. The number of para-hydroxylation sites is 1. The number of nitrogens with zero attached hydrogens (tertiary/aromatic N) is 1. The molecule has 0 aliphatic heterocycles. The first-order valence-electron chi connectivity index (χ1n) is 7.14. The van der Waals surface area contributed by atoms with Crippen LogP contribution in [0.4, 0.5) is 5.69 Å². The molecule has 1 aromatic carbocycles. The summed E-state index contributed by atoms with van der Waals surface area (Å²) in [7, 11) is -3.49. The van der Waals surface area contributed by atoms with E-state index in [1.165, 1.54) is 23.5 Å². The predicted octanol–water partition coefficient (Wildman–Crippen LogP) is 3.60. The third-order valence-electron chi connectivity index (χ3n) is 3.08. The van der Waals surface area contributed by atoms with Crippen LogP contribution in [0.15, 0.2) is 47.2 Å². The second-order valence-electron chi connectivity index (χ2n) is 5.12. The van der Waals surface area contributed by atoms with Crippen molar-refractivity contribution in [1.82, 2.24) is 4.98 Å². The molecule has 0 fully saturated rings. The molecule has 0 unspecified atom stereocenters. The van der Waals surface area contributed by atoms with Crippen LogP contribution in [-0.4, -0.2) is 25.6 Å². The number of carbonyl (C=O) groups excluding carboxylic acids is 1. The number of nitrogens with one attached hydrogen (secondary N) is 1. The van der Waals surface area contributed by atoms with E-state index in [0.717, 1.165) is 16.1 Å². The van der Waals surface area contributed by atoms with Crippen molar-refractivity contribution in [3.8, 4) is 9.88 Å². The molecule has 25 heavy (non-hydrogen) atoms. The molecule has 3 aromatic rings. The number of hydrogen-bond donors (Lipinski definition) is 1. The van der Waals surface area contributed by atoms with E-state index in [1.807, 2.05) is 22.9 Å². The van der Waals surface area contributed by atoms with Crippen molar-refractivity contribution >= 4 is 44.4 Å². The molecule has 0 atom stereocenters. The Kier molecular flexibility index (Phi) is 5.16. The highest BCUT2D eigenvalue weighted by atomic mass is 32.2. The topological polar surface area (TPSA) is 85.4 Å². The van der Waals surface area contributed by atoms with Crippen molar-refractivity contribution < 1.29 is 17.9 Å². The molecule has 0 saturated carbocycles. The van der Waals surface area contributed by atoms with Gasteiger partial charge < -0.3 is 4.74 Å². The Morgan fingerprint density at radius 2 is 2.00 bits per heavy atom. The van der Waals surface area contributed by atoms with E-state index in [1.54, 1.807) is 23.5 Å². The van der Waals surface area contributed by atoms with Crippen LogP contribution in [0.2, 0.25) is 0 Å². The van der Waals surface area contributed by atoms with Gasteiger partial charge in [-0.1, -0.05) is 18.2 Å². The van der Waals surface area contributed by atoms with E-state index >= 15 is 0 Å². The van der Waals surface area contributed by atoms with E-state index in [-0.39, 0.29) is 17.9 Å². The average molecular weight is 394 g/mol. The maximum absolute atomic E-state index is 12.3. The summed E-state index contributed by atoms with van der Waals surface area (Å²) in [6.07, 6.45) is 1.02. The van der Waals surface area contributed by atoms with E-state index in [2.05, 4.69) is 9.71 Å². The fourth-order valence-electron chi connectivity index (χ4n) is 2.05. The quantitative estimate of drug-likeness (QED) is 0.646. The maximum Gasteiger partial charge on any atom is 0.340 e. The first-order chi connectivity index (χ1) is 11.9. The molecule has 6 nitrogen and oxygen atoms in total. The lowest BCUT2D eigenvalue weighted by atomic mass is 10.2. The zero-order valence-corrected chi connectivity index (χ0v) is 15.6. The normalized spacial score (nSPS) is 11.2. The highest BCUT2D eigenvalue weighted by molar-refractivity contribution is 7.92. The number of esters is 1. The van der Waals surface area contributed by atoms with Gasteiger partial charge in [-0.05, 0) is 23.6 Å². The third-order valence-corrected chi connectivity index (χ3v) is 5.60. The van der Waals surface area contributed by atoms with Crippen LogP contribution >= 0.6 is 22.7 Å². The van der Waals surface area contributed by atoms with E-state index in [0.29, 0.717) is 5.69 Å². The monoisotopic (exact) mass is 394 g/mol. The second kappa shape index (κ2) is 7.34. The molecule has 0 bridgehead atoms. The minimum absolute atomic E-state index is 0.0217. The van der Waals surface area contributed by atoms with Gasteiger partial charge in [-0.3, -0.25) is 4.72 Å². The maximum atomic E-state index is 12.3. The van der Waals surface area contributed by atoms with Crippen LogP contribution < -0.4 is 4.72 Å². The van der Waals surface area contributed by atoms with Crippen LogP contribution in [0.1, 0.15) is 16.1 Å². The van der Waals surface area contributed by atoms with Gasteiger partial charge in [-0.25, -0.2) is 18.2 Å². The number of ether oxygens (including phenoxy) is 1. The van der Waals surface area contributed by atoms with E-state index in [4.69, 9.17) is 4.74 Å². The molecule has 0 aliphatic rings. The molecule has 3 rings (SSSR count). The van der Waals surface area contributed by atoms with Gasteiger partial charge in [0.15, 0.2) is 0 Å². The third kappa shape index (κ3) is 4.65. The molecular formula is C16H14N2O4S3. The smallest absolute Gasteiger partial charge is 0.340 e. The molecule has 2 aromatic heterocycles.